The third-order valence-electron chi connectivity index (χ3n) is 3.62. The highest BCUT2D eigenvalue weighted by molar-refractivity contribution is 5.79. The molecule has 0 bridgehead atoms. The summed E-state index contributed by atoms with van der Waals surface area (Å²) < 4.78 is 1.80. The first-order valence-electron chi connectivity index (χ1n) is 6.64. The first-order chi connectivity index (χ1) is 8.60. The fraction of sp³-hybridized carbons (Fsp3) is 0.692. The maximum Gasteiger partial charge on any atom is 0.223 e. The van der Waals surface area contributed by atoms with Crippen molar-refractivity contribution in [3.05, 3.63) is 17.5 Å². The van der Waals surface area contributed by atoms with Crippen LogP contribution in [-0.2, 0) is 24.8 Å². The number of carbonyl (C=O) groups is 1. The van der Waals surface area contributed by atoms with Crippen molar-refractivity contribution in [2.75, 3.05) is 0 Å². The standard InChI is InChI=1S/C13H22N4O/c1-3-12-10(8-17(2)16-12)7-15-13(18)9-4-5-11(14)6-9/h8-9,11H,3-7,14H2,1-2H3,(H,15,18). The van der Waals surface area contributed by atoms with Crippen LogP contribution < -0.4 is 11.1 Å². The van der Waals surface area contributed by atoms with Gasteiger partial charge in [-0.05, 0) is 25.7 Å². The summed E-state index contributed by atoms with van der Waals surface area (Å²) in [4.78, 5) is 12.0. The molecule has 1 fully saturated rings. The Bertz CT molecular complexity index is 427. The van der Waals surface area contributed by atoms with Crippen LogP contribution in [0.25, 0.3) is 0 Å². The average Bonchev–Trinajstić information content (AvgIpc) is 2.92. The zero-order chi connectivity index (χ0) is 13.1. The van der Waals surface area contributed by atoms with Gasteiger partial charge >= 0.3 is 0 Å². The van der Waals surface area contributed by atoms with Crippen molar-refractivity contribution in [1.29, 1.82) is 0 Å². The number of hydrogen-bond donors (Lipinski definition) is 2. The summed E-state index contributed by atoms with van der Waals surface area (Å²) in [5.74, 6) is 0.232. The molecule has 0 saturated heterocycles. The summed E-state index contributed by atoms with van der Waals surface area (Å²) in [5.41, 5.74) is 7.99. The smallest absolute Gasteiger partial charge is 0.223 e. The molecule has 1 saturated carbocycles. The van der Waals surface area contributed by atoms with Gasteiger partial charge in [-0.2, -0.15) is 5.10 Å². The van der Waals surface area contributed by atoms with Gasteiger partial charge in [0.25, 0.3) is 0 Å². The van der Waals surface area contributed by atoms with Crippen molar-refractivity contribution < 1.29 is 4.79 Å². The second kappa shape index (κ2) is 5.52. The Balaban J connectivity index is 1.89. The highest BCUT2D eigenvalue weighted by atomic mass is 16.1. The molecule has 100 valence electrons. The van der Waals surface area contributed by atoms with Crippen molar-refractivity contribution in [2.24, 2.45) is 18.7 Å². The van der Waals surface area contributed by atoms with E-state index < -0.39 is 0 Å². The Labute approximate surface area is 108 Å². The number of aromatic nitrogens is 2. The second-order valence-electron chi connectivity index (χ2n) is 5.12. The highest BCUT2D eigenvalue weighted by Gasteiger charge is 2.27. The molecule has 1 amide bonds. The Morgan fingerprint density at radius 1 is 1.61 bits per heavy atom. The Hall–Kier alpha value is -1.36. The Morgan fingerprint density at radius 3 is 3.00 bits per heavy atom. The molecule has 0 radical (unpaired) electrons. The van der Waals surface area contributed by atoms with E-state index in [4.69, 9.17) is 5.73 Å². The van der Waals surface area contributed by atoms with Gasteiger partial charge in [0.15, 0.2) is 0 Å². The van der Waals surface area contributed by atoms with Gasteiger partial charge in [0.2, 0.25) is 5.91 Å². The summed E-state index contributed by atoms with van der Waals surface area (Å²) in [6.45, 7) is 2.64. The Kier molecular flexibility index (Phi) is 4.01. The van der Waals surface area contributed by atoms with Crippen LogP contribution in [0.1, 0.15) is 37.4 Å². The quantitative estimate of drug-likeness (QED) is 0.827. The maximum atomic E-state index is 12.0. The van der Waals surface area contributed by atoms with Gasteiger partial charge in [0.1, 0.15) is 0 Å². The van der Waals surface area contributed by atoms with Crippen LogP contribution in [0.2, 0.25) is 0 Å². The third-order valence-corrected chi connectivity index (χ3v) is 3.62. The van der Waals surface area contributed by atoms with Crippen molar-refractivity contribution in [1.82, 2.24) is 15.1 Å². The van der Waals surface area contributed by atoms with Crippen LogP contribution in [0.3, 0.4) is 0 Å². The lowest BCUT2D eigenvalue weighted by Crippen LogP contribution is -2.30. The lowest BCUT2D eigenvalue weighted by molar-refractivity contribution is -0.125. The van der Waals surface area contributed by atoms with Gasteiger partial charge in [0.05, 0.1) is 5.69 Å². The van der Waals surface area contributed by atoms with Crippen molar-refractivity contribution in [2.45, 2.75) is 45.2 Å². The van der Waals surface area contributed by atoms with Crippen molar-refractivity contribution >= 4 is 5.91 Å². The lowest BCUT2D eigenvalue weighted by atomic mass is 10.1. The van der Waals surface area contributed by atoms with Crippen LogP contribution in [-0.4, -0.2) is 21.7 Å². The molecule has 0 aromatic carbocycles. The van der Waals surface area contributed by atoms with E-state index in [1.165, 1.54) is 0 Å². The van der Waals surface area contributed by atoms with Crippen LogP contribution >= 0.6 is 0 Å². The monoisotopic (exact) mass is 250 g/mol. The largest absolute Gasteiger partial charge is 0.352 e. The first kappa shape index (κ1) is 13.1. The molecule has 0 aliphatic heterocycles. The molecule has 1 heterocycles. The van der Waals surface area contributed by atoms with E-state index in [0.29, 0.717) is 6.54 Å². The fourth-order valence-electron chi connectivity index (χ4n) is 2.61. The van der Waals surface area contributed by atoms with E-state index in [-0.39, 0.29) is 17.9 Å². The summed E-state index contributed by atoms with van der Waals surface area (Å²) in [6, 6.07) is 0.199. The van der Waals surface area contributed by atoms with E-state index in [2.05, 4.69) is 17.3 Å². The topological polar surface area (TPSA) is 72.9 Å². The normalized spacial score (nSPS) is 23.3. The molecule has 2 atom stereocenters. The van der Waals surface area contributed by atoms with Crippen molar-refractivity contribution in [3.8, 4) is 0 Å². The van der Waals surface area contributed by atoms with E-state index in [9.17, 15) is 4.79 Å². The number of carbonyl (C=O) groups excluding carboxylic acids is 1. The predicted octanol–water partition coefficient (Wildman–Crippen LogP) is 0.726. The molecule has 2 unspecified atom stereocenters. The number of hydrogen-bond acceptors (Lipinski definition) is 3. The first-order valence-corrected chi connectivity index (χ1v) is 6.64. The fourth-order valence-corrected chi connectivity index (χ4v) is 2.61. The third kappa shape index (κ3) is 2.90. The molecule has 5 nitrogen and oxygen atoms in total. The molecule has 0 spiro atoms. The van der Waals surface area contributed by atoms with Crippen LogP contribution in [0, 0.1) is 5.92 Å². The molecular weight excluding hydrogens is 228 g/mol. The zero-order valence-corrected chi connectivity index (χ0v) is 11.1. The molecule has 1 aliphatic rings. The molecule has 1 aromatic heterocycles. The average molecular weight is 250 g/mol. The van der Waals surface area contributed by atoms with Crippen molar-refractivity contribution in [3.63, 3.8) is 0 Å². The number of nitrogens with one attached hydrogen (secondary N) is 1. The molecule has 18 heavy (non-hydrogen) atoms. The summed E-state index contributed by atoms with van der Waals surface area (Å²) >= 11 is 0. The van der Waals surface area contributed by atoms with Gasteiger partial charge in [-0.15, -0.1) is 0 Å². The van der Waals surface area contributed by atoms with Crippen LogP contribution in [0.4, 0.5) is 0 Å². The molecule has 1 aromatic rings. The van der Waals surface area contributed by atoms with E-state index in [1.807, 2.05) is 13.2 Å². The Morgan fingerprint density at radius 2 is 2.39 bits per heavy atom. The van der Waals surface area contributed by atoms with E-state index in [0.717, 1.165) is 36.9 Å². The van der Waals surface area contributed by atoms with Gasteiger partial charge in [-0.1, -0.05) is 6.92 Å². The van der Waals surface area contributed by atoms with Crippen LogP contribution in [0.15, 0.2) is 6.20 Å². The number of rotatable bonds is 4. The summed E-state index contributed by atoms with van der Waals surface area (Å²) in [6.07, 6.45) is 5.56. The predicted molar refractivity (Wildman–Crippen MR) is 69.7 cm³/mol. The lowest BCUT2D eigenvalue weighted by Gasteiger charge is -2.10. The minimum atomic E-state index is 0.0988. The highest BCUT2D eigenvalue weighted by Crippen LogP contribution is 2.24. The summed E-state index contributed by atoms with van der Waals surface area (Å²) in [5, 5.41) is 7.36. The maximum absolute atomic E-state index is 12.0. The van der Waals surface area contributed by atoms with Gasteiger partial charge < -0.3 is 11.1 Å². The minimum Gasteiger partial charge on any atom is -0.352 e. The SMILES string of the molecule is CCc1nn(C)cc1CNC(=O)C1CCC(N)C1. The summed E-state index contributed by atoms with van der Waals surface area (Å²) in [7, 11) is 1.90. The molecule has 3 N–H and O–H groups in total. The number of amides is 1. The molecular formula is C13H22N4O. The minimum absolute atomic E-state index is 0.0988. The van der Waals surface area contributed by atoms with Gasteiger partial charge in [-0.25, -0.2) is 0 Å². The number of nitrogens with two attached hydrogens (primary N) is 1. The second-order valence-corrected chi connectivity index (χ2v) is 5.12. The molecule has 1 aliphatic carbocycles. The van der Waals surface area contributed by atoms with Gasteiger partial charge in [-0.3, -0.25) is 9.48 Å². The van der Waals surface area contributed by atoms with Gasteiger partial charge in [0, 0.05) is 37.3 Å². The van der Waals surface area contributed by atoms with E-state index >= 15 is 0 Å². The molecule has 5 heteroatoms. The molecule has 2 rings (SSSR count). The number of aryl methyl sites for hydroxylation is 2. The van der Waals surface area contributed by atoms with Crippen LogP contribution in [0.5, 0.6) is 0 Å². The van der Waals surface area contributed by atoms with E-state index in [1.54, 1.807) is 4.68 Å². The number of nitrogens with zero attached hydrogens (tertiary/aromatic N) is 2. The zero-order valence-electron chi connectivity index (χ0n) is 11.1.